The lowest BCUT2D eigenvalue weighted by atomic mass is 9.94. The van der Waals surface area contributed by atoms with Gasteiger partial charge in [0, 0.05) is 6.61 Å². The normalized spacial score (nSPS) is 14.2. The zero-order valence-electron chi connectivity index (χ0n) is 11.6. The van der Waals surface area contributed by atoms with Crippen molar-refractivity contribution >= 4 is 22.9 Å². The van der Waals surface area contributed by atoms with Gasteiger partial charge in [0.05, 0.1) is 6.10 Å². The maximum atomic E-state index is 5.96. The van der Waals surface area contributed by atoms with E-state index in [-0.39, 0.29) is 6.10 Å². The lowest BCUT2D eigenvalue weighted by Gasteiger charge is -2.19. The first kappa shape index (κ1) is 12.4. The number of benzene rings is 2. The van der Waals surface area contributed by atoms with Gasteiger partial charge in [-0.25, -0.2) is 0 Å². The third kappa shape index (κ3) is 2.08. The Bertz CT molecular complexity index is 607. The molecule has 1 nitrogen and oxygen atoms in total. The molecule has 0 amide bonds. The molecule has 0 aliphatic heterocycles. The van der Waals surface area contributed by atoms with Crippen LogP contribution in [0.15, 0.2) is 30.3 Å². The SMILES string of the molecule is CCCC(OCC)c1ccc2c3c(cccc13)C=C2. The van der Waals surface area contributed by atoms with Crippen LogP contribution in [-0.4, -0.2) is 6.61 Å². The van der Waals surface area contributed by atoms with Crippen molar-refractivity contribution in [3.8, 4) is 0 Å². The smallest absolute Gasteiger partial charge is 0.0830 e. The summed E-state index contributed by atoms with van der Waals surface area (Å²) in [6.45, 7) is 5.06. The molecule has 1 heteroatoms. The quantitative estimate of drug-likeness (QED) is 0.606. The van der Waals surface area contributed by atoms with E-state index in [4.69, 9.17) is 4.74 Å². The molecule has 2 aromatic rings. The fraction of sp³-hybridized carbons (Fsp3) is 0.333. The third-order valence-corrected chi connectivity index (χ3v) is 3.85. The van der Waals surface area contributed by atoms with Gasteiger partial charge >= 0.3 is 0 Å². The highest BCUT2D eigenvalue weighted by Gasteiger charge is 2.17. The summed E-state index contributed by atoms with van der Waals surface area (Å²) in [5.74, 6) is 0. The summed E-state index contributed by atoms with van der Waals surface area (Å²) in [5.41, 5.74) is 4.01. The maximum Gasteiger partial charge on any atom is 0.0830 e. The molecule has 0 heterocycles. The van der Waals surface area contributed by atoms with Gasteiger partial charge in [-0.1, -0.05) is 55.8 Å². The summed E-state index contributed by atoms with van der Waals surface area (Å²) >= 11 is 0. The predicted molar refractivity (Wildman–Crippen MR) is 82.2 cm³/mol. The van der Waals surface area contributed by atoms with E-state index in [9.17, 15) is 0 Å². The minimum Gasteiger partial charge on any atom is -0.374 e. The van der Waals surface area contributed by atoms with E-state index in [1.165, 1.54) is 27.5 Å². The second-order valence-corrected chi connectivity index (χ2v) is 5.08. The van der Waals surface area contributed by atoms with E-state index in [0.717, 1.165) is 19.4 Å². The van der Waals surface area contributed by atoms with Gasteiger partial charge in [-0.05, 0) is 40.8 Å². The zero-order valence-corrected chi connectivity index (χ0v) is 11.6. The van der Waals surface area contributed by atoms with E-state index >= 15 is 0 Å². The van der Waals surface area contributed by atoms with E-state index in [2.05, 4.69) is 56.3 Å². The Morgan fingerprint density at radius 2 is 1.79 bits per heavy atom. The van der Waals surface area contributed by atoms with Crippen molar-refractivity contribution in [3.63, 3.8) is 0 Å². The van der Waals surface area contributed by atoms with Gasteiger partial charge in [-0.2, -0.15) is 0 Å². The average molecular weight is 252 g/mol. The van der Waals surface area contributed by atoms with Crippen molar-refractivity contribution in [2.24, 2.45) is 0 Å². The van der Waals surface area contributed by atoms with Gasteiger partial charge < -0.3 is 4.74 Å². The van der Waals surface area contributed by atoms with Crippen LogP contribution >= 0.6 is 0 Å². The molecule has 1 atom stereocenters. The number of hydrogen-bond acceptors (Lipinski definition) is 1. The Labute approximate surface area is 114 Å². The summed E-state index contributed by atoms with van der Waals surface area (Å²) in [4.78, 5) is 0. The predicted octanol–water partition coefficient (Wildman–Crippen LogP) is 5.20. The van der Waals surface area contributed by atoms with Crippen LogP contribution in [0.3, 0.4) is 0 Å². The maximum absolute atomic E-state index is 5.96. The summed E-state index contributed by atoms with van der Waals surface area (Å²) in [6.07, 6.45) is 6.86. The topological polar surface area (TPSA) is 9.23 Å². The lowest BCUT2D eigenvalue weighted by molar-refractivity contribution is 0.0567. The lowest BCUT2D eigenvalue weighted by Crippen LogP contribution is -2.05. The highest BCUT2D eigenvalue weighted by molar-refractivity contribution is 6.06. The molecule has 0 spiro atoms. The number of ether oxygens (including phenoxy) is 1. The largest absolute Gasteiger partial charge is 0.374 e. The van der Waals surface area contributed by atoms with Crippen molar-refractivity contribution in [2.45, 2.75) is 32.8 Å². The molecule has 0 fully saturated rings. The fourth-order valence-electron chi connectivity index (χ4n) is 3.02. The third-order valence-electron chi connectivity index (χ3n) is 3.85. The van der Waals surface area contributed by atoms with Gasteiger partial charge in [-0.15, -0.1) is 0 Å². The molecule has 0 bridgehead atoms. The molecule has 0 aromatic heterocycles. The molecule has 1 aliphatic carbocycles. The monoisotopic (exact) mass is 252 g/mol. The molecule has 0 N–H and O–H groups in total. The van der Waals surface area contributed by atoms with Crippen molar-refractivity contribution in [1.82, 2.24) is 0 Å². The highest BCUT2D eigenvalue weighted by Crippen LogP contribution is 2.37. The molecule has 3 rings (SSSR count). The number of rotatable bonds is 5. The van der Waals surface area contributed by atoms with Gasteiger partial charge in [0.15, 0.2) is 0 Å². The van der Waals surface area contributed by atoms with E-state index in [0.29, 0.717) is 0 Å². The van der Waals surface area contributed by atoms with Gasteiger partial charge in [-0.3, -0.25) is 0 Å². The fourth-order valence-corrected chi connectivity index (χ4v) is 3.02. The van der Waals surface area contributed by atoms with Crippen LogP contribution in [0.25, 0.3) is 22.9 Å². The summed E-state index contributed by atoms with van der Waals surface area (Å²) in [7, 11) is 0. The molecule has 0 saturated carbocycles. The van der Waals surface area contributed by atoms with Crippen molar-refractivity contribution in [1.29, 1.82) is 0 Å². The zero-order chi connectivity index (χ0) is 13.2. The molecule has 98 valence electrons. The van der Waals surface area contributed by atoms with Crippen LogP contribution in [0.2, 0.25) is 0 Å². The molecule has 2 aromatic carbocycles. The van der Waals surface area contributed by atoms with Crippen LogP contribution in [0.5, 0.6) is 0 Å². The van der Waals surface area contributed by atoms with E-state index in [1.807, 2.05) is 0 Å². The van der Waals surface area contributed by atoms with Gasteiger partial charge in [0.1, 0.15) is 0 Å². The molecular weight excluding hydrogens is 232 g/mol. The first-order chi connectivity index (χ1) is 9.35. The molecule has 0 radical (unpaired) electrons. The van der Waals surface area contributed by atoms with E-state index < -0.39 is 0 Å². The molecule has 0 saturated heterocycles. The summed E-state index contributed by atoms with van der Waals surface area (Å²) in [6, 6.07) is 11.0. The minimum absolute atomic E-state index is 0.222. The van der Waals surface area contributed by atoms with Crippen molar-refractivity contribution in [2.75, 3.05) is 6.61 Å². The Morgan fingerprint density at radius 3 is 2.53 bits per heavy atom. The number of hydrogen-bond donors (Lipinski definition) is 0. The van der Waals surface area contributed by atoms with Gasteiger partial charge in [0.2, 0.25) is 0 Å². The minimum atomic E-state index is 0.222. The van der Waals surface area contributed by atoms with Crippen LogP contribution in [0, 0.1) is 0 Å². The van der Waals surface area contributed by atoms with Crippen LogP contribution in [0.4, 0.5) is 0 Å². The van der Waals surface area contributed by atoms with Crippen molar-refractivity contribution in [3.05, 3.63) is 47.0 Å². The Hall–Kier alpha value is -1.60. The summed E-state index contributed by atoms with van der Waals surface area (Å²) < 4.78 is 5.96. The molecule has 19 heavy (non-hydrogen) atoms. The van der Waals surface area contributed by atoms with E-state index in [1.54, 1.807) is 0 Å². The molecular formula is C18H20O. The standard InChI is InChI=1S/C18H20O/c1-3-6-17(19-4-2)15-12-11-14-10-9-13-7-5-8-16(15)18(13)14/h5,7-12,17H,3-4,6H2,1-2H3. The van der Waals surface area contributed by atoms with Crippen LogP contribution in [-0.2, 0) is 4.74 Å². The van der Waals surface area contributed by atoms with Gasteiger partial charge in [0.25, 0.3) is 0 Å². The average Bonchev–Trinajstić information content (AvgIpc) is 2.85. The van der Waals surface area contributed by atoms with Crippen LogP contribution < -0.4 is 0 Å². The van der Waals surface area contributed by atoms with Crippen molar-refractivity contribution < 1.29 is 4.74 Å². The summed E-state index contributed by atoms with van der Waals surface area (Å²) in [5, 5.41) is 2.74. The second-order valence-electron chi connectivity index (χ2n) is 5.08. The second kappa shape index (κ2) is 5.18. The first-order valence-corrected chi connectivity index (χ1v) is 7.20. The first-order valence-electron chi connectivity index (χ1n) is 7.20. The highest BCUT2D eigenvalue weighted by atomic mass is 16.5. The Morgan fingerprint density at radius 1 is 1.00 bits per heavy atom. The molecule has 1 aliphatic rings. The Balaban J connectivity index is 2.15. The van der Waals surface area contributed by atoms with Crippen LogP contribution in [0.1, 0.15) is 49.5 Å². The molecule has 1 unspecified atom stereocenters. The Kier molecular flexibility index (Phi) is 3.39.